The number of phosphoric ester groups is 1. The van der Waals surface area contributed by atoms with E-state index in [2.05, 4.69) is 19.1 Å². The van der Waals surface area contributed by atoms with Crippen LogP contribution in [0.15, 0.2) is 12.2 Å². The Labute approximate surface area is 198 Å². The minimum absolute atomic E-state index is 0.0114. The molecule has 0 spiro atoms. The number of quaternary nitrogens is 1. The van der Waals surface area contributed by atoms with E-state index >= 15 is 0 Å². The van der Waals surface area contributed by atoms with Gasteiger partial charge in [-0.25, -0.2) is 0 Å². The lowest BCUT2D eigenvalue weighted by Crippen LogP contribution is -2.37. The van der Waals surface area contributed by atoms with E-state index in [1.165, 1.54) is 77.0 Å². The number of hydrogen-bond acceptors (Lipinski definition) is 5. The Balaban J connectivity index is 3.31. The van der Waals surface area contributed by atoms with Crippen molar-refractivity contribution in [2.75, 3.05) is 54.1 Å². The molecule has 0 radical (unpaired) electrons. The summed E-state index contributed by atoms with van der Waals surface area (Å²) in [5.74, 6) is 0. The maximum Gasteiger partial charge on any atom is 0.268 e. The van der Waals surface area contributed by atoms with Crippen LogP contribution in [0, 0.1) is 0 Å². The van der Waals surface area contributed by atoms with E-state index in [0.717, 1.165) is 12.8 Å². The Morgan fingerprint density at radius 3 is 1.75 bits per heavy atom. The number of ether oxygens (including phenoxy) is 1. The minimum atomic E-state index is -4.22. The molecule has 1 atom stereocenters. The monoisotopic (exact) mass is 477 g/mol. The number of phosphoric acid groups is 1. The number of hydrogen-bond donors (Lipinski definition) is 0. The summed E-state index contributed by atoms with van der Waals surface area (Å²) in [6, 6.07) is 0. The lowest BCUT2D eigenvalue weighted by Gasteiger charge is -2.27. The predicted molar refractivity (Wildman–Crippen MR) is 133 cm³/mol. The van der Waals surface area contributed by atoms with Crippen molar-refractivity contribution in [3.05, 3.63) is 12.2 Å². The summed E-state index contributed by atoms with van der Waals surface area (Å²) < 4.78 is 27.4. The minimum Gasteiger partial charge on any atom is -0.756 e. The molecule has 0 aliphatic heterocycles. The van der Waals surface area contributed by atoms with E-state index in [1.54, 1.807) is 0 Å². The second kappa shape index (κ2) is 21.3. The quantitative estimate of drug-likeness (QED) is 0.0711. The number of rotatable bonds is 24. The summed E-state index contributed by atoms with van der Waals surface area (Å²) >= 11 is 0. The van der Waals surface area contributed by atoms with E-state index in [9.17, 15) is 9.46 Å². The average Bonchev–Trinajstić information content (AvgIpc) is 2.71. The van der Waals surface area contributed by atoms with Gasteiger partial charge in [0, 0.05) is 6.61 Å². The van der Waals surface area contributed by atoms with Crippen molar-refractivity contribution < 1.29 is 27.7 Å². The molecule has 0 amide bonds. The molecule has 0 aromatic rings. The predicted octanol–water partition coefficient (Wildman–Crippen LogP) is 6.25. The van der Waals surface area contributed by atoms with Gasteiger partial charge in [0.25, 0.3) is 7.82 Å². The molecular weight excluding hydrogens is 425 g/mol. The summed E-state index contributed by atoms with van der Waals surface area (Å²) in [4.78, 5) is 11.6. The topological polar surface area (TPSA) is 67.8 Å². The molecule has 192 valence electrons. The highest BCUT2D eigenvalue weighted by Gasteiger charge is 2.13. The molecule has 0 aromatic carbocycles. The van der Waals surface area contributed by atoms with E-state index < -0.39 is 7.82 Å². The van der Waals surface area contributed by atoms with Crippen LogP contribution in [0.25, 0.3) is 0 Å². The standard InChI is InChI=1S/C25H52NO5P/c1-5-6-7-8-9-10-11-12-13-14-15-16-17-18-19-20-22-29-24-25-31-32(27,28)30-23-21-26(2,3)4/h12-13H,5-11,14-25H2,1-4H3/b13-12+. The van der Waals surface area contributed by atoms with Crippen LogP contribution >= 0.6 is 7.82 Å². The fourth-order valence-corrected chi connectivity index (χ4v) is 3.90. The van der Waals surface area contributed by atoms with Crippen LogP contribution in [0.2, 0.25) is 0 Å². The van der Waals surface area contributed by atoms with Gasteiger partial charge < -0.3 is 23.2 Å². The van der Waals surface area contributed by atoms with Gasteiger partial charge in [0.1, 0.15) is 13.2 Å². The first-order chi connectivity index (χ1) is 15.3. The van der Waals surface area contributed by atoms with Crippen molar-refractivity contribution in [1.82, 2.24) is 0 Å². The van der Waals surface area contributed by atoms with Crippen molar-refractivity contribution in [2.45, 2.75) is 96.8 Å². The first kappa shape index (κ1) is 31.8. The average molecular weight is 478 g/mol. The lowest BCUT2D eigenvalue weighted by atomic mass is 10.1. The molecule has 0 saturated heterocycles. The largest absolute Gasteiger partial charge is 0.756 e. The summed E-state index contributed by atoms with van der Waals surface area (Å²) in [7, 11) is 1.71. The molecule has 1 unspecified atom stereocenters. The van der Waals surface area contributed by atoms with Crippen LogP contribution < -0.4 is 4.89 Å². The SMILES string of the molecule is CCCCCCCC/C=C/CCCCCCCCOCCOP(=O)([O-])OCC[N+](C)(C)C. The van der Waals surface area contributed by atoms with Gasteiger partial charge >= 0.3 is 0 Å². The number of unbranched alkanes of at least 4 members (excludes halogenated alkanes) is 12. The van der Waals surface area contributed by atoms with Gasteiger partial charge in [0.2, 0.25) is 0 Å². The Morgan fingerprint density at radius 1 is 0.688 bits per heavy atom. The second-order valence-corrected chi connectivity index (χ2v) is 11.1. The van der Waals surface area contributed by atoms with Crippen molar-refractivity contribution in [3.63, 3.8) is 0 Å². The van der Waals surface area contributed by atoms with E-state index in [-0.39, 0.29) is 19.8 Å². The zero-order valence-corrected chi connectivity index (χ0v) is 22.4. The van der Waals surface area contributed by atoms with Crippen molar-refractivity contribution in [3.8, 4) is 0 Å². The van der Waals surface area contributed by atoms with Gasteiger partial charge in [-0.1, -0.05) is 76.9 Å². The van der Waals surface area contributed by atoms with Crippen LogP contribution in [-0.2, 0) is 18.3 Å². The van der Waals surface area contributed by atoms with Crippen LogP contribution in [0.1, 0.15) is 96.8 Å². The molecule has 0 saturated carbocycles. The fourth-order valence-electron chi connectivity index (χ4n) is 3.23. The Bertz CT molecular complexity index is 479. The first-order valence-corrected chi connectivity index (χ1v) is 14.4. The zero-order chi connectivity index (χ0) is 24.0. The summed E-state index contributed by atoms with van der Waals surface area (Å²) in [6.45, 7) is 3.92. The molecule has 0 aliphatic carbocycles. The highest BCUT2D eigenvalue weighted by molar-refractivity contribution is 7.45. The number of nitrogens with zero attached hydrogens (tertiary/aromatic N) is 1. The molecular formula is C25H52NO5P. The maximum absolute atomic E-state index is 11.6. The third-order valence-electron chi connectivity index (χ3n) is 5.29. The molecule has 0 aromatic heterocycles. The highest BCUT2D eigenvalue weighted by atomic mass is 31.2. The number of likely N-dealkylation sites (N-methyl/N-ethyl adjacent to an activating group) is 1. The smallest absolute Gasteiger partial charge is 0.268 e. The molecule has 6 nitrogen and oxygen atoms in total. The van der Waals surface area contributed by atoms with E-state index in [4.69, 9.17) is 13.8 Å². The molecule has 0 fully saturated rings. The summed E-state index contributed by atoms with van der Waals surface area (Å²) in [6.07, 6.45) is 22.7. The van der Waals surface area contributed by atoms with Crippen LogP contribution in [-0.4, -0.2) is 58.6 Å². The van der Waals surface area contributed by atoms with Gasteiger partial charge in [0.15, 0.2) is 0 Å². The third-order valence-corrected chi connectivity index (χ3v) is 6.29. The molecule has 0 rings (SSSR count). The third kappa shape index (κ3) is 26.0. The summed E-state index contributed by atoms with van der Waals surface area (Å²) in [5, 5.41) is 0. The van der Waals surface area contributed by atoms with E-state index in [0.29, 0.717) is 17.6 Å². The maximum atomic E-state index is 11.6. The Kier molecular flexibility index (Phi) is 21.2. The fraction of sp³-hybridized carbons (Fsp3) is 0.920. The van der Waals surface area contributed by atoms with E-state index in [1.807, 2.05) is 21.1 Å². The van der Waals surface area contributed by atoms with Gasteiger partial charge in [-0.05, 0) is 32.1 Å². The summed E-state index contributed by atoms with van der Waals surface area (Å²) in [5.41, 5.74) is 0. The van der Waals surface area contributed by atoms with Crippen molar-refractivity contribution in [1.29, 1.82) is 0 Å². The van der Waals surface area contributed by atoms with Crippen LogP contribution in [0.5, 0.6) is 0 Å². The Hall–Kier alpha value is -0.230. The van der Waals surface area contributed by atoms with Crippen LogP contribution in [0.3, 0.4) is 0 Å². The van der Waals surface area contributed by atoms with Crippen molar-refractivity contribution >= 4 is 7.82 Å². The molecule has 0 N–H and O–H groups in total. The van der Waals surface area contributed by atoms with Gasteiger partial charge in [0.05, 0.1) is 34.4 Å². The first-order valence-electron chi connectivity index (χ1n) is 12.9. The molecule has 0 bridgehead atoms. The normalized spacial score (nSPS) is 14.3. The zero-order valence-electron chi connectivity index (χ0n) is 21.5. The Morgan fingerprint density at radius 2 is 1.19 bits per heavy atom. The molecule has 32 heavy (non-hydrogen) atoms. The van der Waals surface area contributed by atoms with Crippen molar-refractivity contribution in [2.24, 2.45) is 0 Å². The van der Waals surface area contributed by atoms with Gasteiger partial charge in [-0.2, -0.15) is 0 Å². The molecule has 0 heterocycles. The number of allylic oxidation sites excluding steroid dienone is 2. The lowest BCUT2D eigenvalue weighted by molar-refractivity contribution is -0.870. The van der Waals surface area contributed by atoms with Crippen LogP contribution in [0.4, 0.5) is 0 Å². The van der Waals surface area contributed by atoms with Gasteiger partial charge in [-0.15, -0.1) is 0 Å². The highest BCUT2D eigenvalue weighted by Crippen LogP contribution is 2.37. The molecule has 0 aliphatic rings. The second-order valence-electron chi connectivity index (χ2n) is 9.68. The van der Waals surface area contributed by atoms with Gasteiger partial charge in [-0.3, -0.25) is 4.57 Å². The molecule has 7 heteroatoms.